The van der Waals surface area contributed by atoms with Gasteiger partial charge in [-0.15, -0.1) is 0 Å². The maximum absolute atomic E-state index is 12.1. The fourth-order valence-electron chi connectivity index (χ4n) is 3.95. The van der Waals surface area contributed by atoms with E-state index in [1.165, 1.54) is 77.0 Å². The van der Waals surface area contributed by atoms with Crippen molar-refractivity contribution in [3.63, 3.8) is 0 Å². The highest BCUT2D eigenvalue weighted by Gasteiger charge is 2.06. The van der Waals surface area contributed by atoms with Crippen molar-refractivity contribution in [1.29, 1.82) is 0 Å². The summed E-state index contributed by atoms with van der Waals surface area (Å²) in [5.74, 6) is -0.313. The molecule has 0 aliphatic carbocycles. The zero-order valence-corrected chi connectivity index (χ0v) is 22.8. The minimum atomic E-state index is -0.313. The van der Waals surface area contributed by atoms with Crippen molar-refractivity contribution in [2.75, 3.05) is 44.9 Å². The van der Waals surface area contributed by atoms with Crippen LogP contribution < -0.4 is 5.32 Å². The molecule has 0 unspecified atom stereocenters. The quantitative estimate of drug-likeness (QED) is 0.110. The van der Waals surface area contributed by atoms with Gasteiger partial charge in [-0.25, -0.2) is 4.79 Å². The minimum Gasteiger partial charge on any atom is -0.460 e. The average Bonchev–Trinajstić information content (AvgIpc) is 2.88. The molecule has 0 amide bonds. The number of ether oxygens (including phenoxy) is 3. The van der Waals surface area contributed by atoms with E-state index < -0.39 is 0 Å². The Labute approximate surface area is 215 Å². The van der Waals surface area contributed by atoms with E-state index in [0.717, 1.165) is 38.1 Å². The molecule has 202 valence electrons. The molecule has 5 nitrogen and oxygen atoms in total. The van der Waals surface area contributed by atoms with Crippen LogP contribution in [0.5, 0.6) is 0 Å². The summed E-state index contributed by atoms with van der Waals surface area (Å²) in [7, 11) is 0. The van der Waals surface area contributed by atoms with Crippen LogP contribution in [0.1, 0.15) is 121 Å². The van der Waals surface area contributed by atoms with Crippen LogP contribution in [0.2, 0.25) is 0 Å². The van der Waals surface area contributed by atoms with Gasteiger partial charge in [0.1, 0.15) is 6.61 Å². The largest absolute Gasteiger partial charge is 0.460 e. The number of esters is 1. The summed E-state index contributed by atoms with van der Waals surface area (Å²) >= 11 is 0. The molecule has 0 atom stereocenters. The predicted octanol–water partition coefficient (Wildman–Crippen LogP) is 8.18. The van der Waals surface area contributed by atoms with E-state index in [1.807, 2.05) is 12.1 Å². The first-order chi connectivity index (χ1) is 17.3. The maximum atomic E-state index is 12.1. The molecule has 0 spiro atoms. The molecule has 0 fully saturated rings. The third-order valence-electron chi connectivity index (χ3n) is 6.21. The van der Waals surface area contributed by atoms with Crippen LogP contribution in [-0.2, 0) is 14.2 Å². The number of rotatable bonds is 25. The molecule has 0 aliphatic rings. The first kappa shape index (κ1) is 31.4. The van der Waals surface area contributed by atoms with E-state index in [1.54, 1.807) is 12.1 Å². The molecule has 0 aliphatic heterocycles. The lowest BCUT2D eigenvalue weighted by atomic mass is 10.0. The summed E-state index contributed by atoms with van der Waals surface area (Å²) in [4.78, 5) is 12.1. The van der Waals surface area contributed by atoms with Crippen molar-refractivity contribution in [3.8, 4) is 0 Å². The number of carbonyl (C=O) groups is 1. The topological polar surface area (TPSA) is 56.8 Å². The van der Waals surface area contributed by atoms with Crippen LogP contribution in [0.25, 0.3) is 0 Å². The van der Waals surface area contributed by atoms with Crippen molar-refractivity contribution in [1.82, 2.24) is 0 Å². The van der Waals surface area contributed by atoms with Gasteiger partial charge >= 0.3 is 5.97 Å². The molecule has 1 aromatic rings. The molecule has 0 aromatic heterocycles. The fraction of sp³-hybridized carbons (Fsp3) is 0.767. The van der Waals surface area contributed by atoms with Gasteiger partial charge in [-0.2, -0.15) is 0 Å². The van der Waals surface area contributed by atoms with Crippen molar-refractivity contribution in [3.05, 3.63) is 29.8 Å². The van der Waals surface area contributed by atoms with E-state index in [-0.39, 0.29) is 12.6 Å². The van der Waals surface area contributed by atoms with Gasteiger partial charge < -0.3 is 19.5 Å². The summed E-state index contributed by atoms with van der Waals surface area (Å²) < 4.78 is 16.4. The molecule has 0 heterocycles. The monoisotopic (exact) mass is 491 g/mol. The second-order valence-corrected chi connectivity index (χ2v) is 9.46. The number of unbranched alkanes of at least 4 members (excludes halogenated alkanes) is 13. The summed E-state index contributed by atoms with van der Waals surface area (Å²) in [5.41, 5.74) is 1.59. The summed E-state index contributed by atoms with van der Waals surface area (Å²) in [5, 5.41) is 3.34. The Kier molecular flexibility index (Phi) is 21.7. The minimum absolute atomic E-state index is 0.258. The molecule has 0 saturated carbocycles. The maximum Gasteiger partial charge on any atom is 0.338 e. The normalized spacial score (nSPS) is 11.0. The number of hydrogen-bond donors (Lipinski definition) is 1. The van der Waals surface area contributed by atoms with Crippen LogP contribution in [0.3, 0.4) is 0 Å². The molecule has 1 rings (SSSR count). The Morgan fingerprint density at radius 1 is 0.600 bits per heavy atom. The molecule has 0 saturated heterocycles. The standard InChI is InChI=1S/C30H53NO4/c1-3-5-7-8-9-10-11-12-13-14-15-16-17-23-33-24-25-34-26-27-35-30(32)28-18-20-29(21-19-28)31-22-6-4-2/h18-21,31H,3-17,22-27H2,1-2H3. The van der Waals surface area contributed by atoms with Crippen molar-refractivity contribution >= 4 is 11.7 Å². The van der Waals surface area contributed by atoms with E-state index in [2.05, 4.69) is 19.2 Å². The lowest BCUT2D eigenvalue weighted by Gasteiger charge is -2.08. The van der Waals surface area contributed by atoms with E-state index in [4.69, 9.17) is 14.2 Å². The van der Waals surface area contributed by atoms with Crippen molar-refractivity contribution < 1.29 is 19.0 Å². The summed E-state index contributed by atoms with van der Waals surface area (Å²) in [6, 6.07) is 7.42. The first-order valence-corrected chi connectivity index (χ1v) is 14.4. The highest BCUT2D eigenvalue weighted by atomic mass is 16.6. The van der Waals surface area contributed by atoms with Crippen LogP contribution in [0.4, 0.5) is 5.69 Å². The van der Waals surface area contributed by atoms with Crippen molar-refractivity contribution in [2.45, 2.75) is 110 Å². The van der Waals surface area contributed by atoms with Crippen LogP contribution in [0, 0.1) is 0 Å². The van der Waals surface area contributed by atoms with Crippen LogP contribution in [0.15, 0.2) is 24.3 Å². The van der Waals surface area contributed by atoms with E-state index >= 15 is 0 Å². The molecule has 5 heteroatoms. The molecule has 1 aromatic carbocycles. The second kappa shape index (κ2) is 24.1. The molecule has 0 bridgehead atoms. The van der Waals surface area contributed by atoms with Gasteiger partial charge in [0.25, 0.3) is 0 Å². The Morgan fingerprint density at radius 2 is 1.09 bits per heavy atom. The van der Waals surface area contributed by atoms with Gasteiger partial charge in [0.05, 0.1) is 25.4 Å². The number of anilines is 1. The Morgan fingerprint density at radius 3 is 1.66 bits per heavy atom. The summed E-state index contributed by atoms with van der Waals surface area (Å²) in [6.45, 7) is 7.98. The Bertz CT molecular complexity index is 591. The van der Waals surface area contributed by atoms with Gasteiger partial charge in [0.2, 0.25) is 0 Å². The zero-order chi connectivity index (χ0) is 25.2. The van der Waals surface area contributed by atoms with Gasteiger partial charge in [-0.05, 0) is 37.1 Å². The summed E-state index contributed by atoms with van der Waals surface area (Å²) in [6.07, 6.45) is 20.0. The average molecular weight is 492 g/mol. The molecule has 35 heavy (non-hydrogen) atoms. The highest BCUT2D eigenvalue weighted by Crippen LogP contribution is 2.13. The number of nitrogens with one attached hydrogen (secondary N) is 1. The lowest BCUT2D eigenvalue weighted by molar-refractivity contribution is 0.0141. The van der Waals surface area contributed by atoms with Crippen molar-refractivity contribution in [2.24, 2.45) is 0 Å². The first-order valence-electron chi connectivity index (χ1n) is 14.4. The lowest BCUT2D eigenvalue weighted by Crippen LogP contribution is -2.13. The van der Waals surface area contributed by atoms with Gasteiger partial charge in [-0.1, -0.05) is 97.3 Å². The number of hydrogen-bond acceptors (Lipinski definition) is 5. The SMILES string of the molecule is CCCCCCCCCCCCCCCOCCOCCOC(=O)c1ccc(NCCCC)cc1. The van der Waals surface area contributed by atoms with Crippen LogP contribution >= 0.6 is 0 Å². The highest BCUT2D eigenvalue weighted by molar-refractivity contribution is 5.89. The number of benzene rings is 1. The fourth-order valence-corrected chi connectivity index (χ4v) is 3.95. The Hall–Kier alpha value is -1.59. The molecular weight excluding hydrogens is 438 g/mol. The smallest absolute Gasteiger partial charge is 0.338 e. The third kappa shape index (κ3) is 19.3. The van der Waals surface area contributed by atoms with E-state index in [9.17, 15) is 4.79 Å². The predicted molar refractivity (Wildman–Crippen MR) is 147 cm³/mol. The van der Waals surface area contributed by atoms with Gasteiger partial charge in [-0.3, -0.25) is 0 Å². The Balaban J connectivity index is 1.82. The molecule has 0 radical (unpaired) electrons. The second-order valence-electron chi connectivity index (χ2n) is 9.46. The van der Waals surface area contributed by atoms with Gasteiger partial charge in [0.15, 0.2) is 0 Å². The third-order valence-corrected chi connectivity index (χ3v) is 6.21. The molecular formula is C30H53NO4. The molecule has 1 N–H and O–H groups in total. The number of carbonyl (C=O) groups excluding carboxylic acids is 1. The van der Waals surface area contributed by atoms with Crippen LogP contribution in [-0.4, -0.2) is 45.5 Å². The van der Waals surface area contributed by atoms with E-state index in [0.29, 0.717) is 25.4 Å². The zero-order valence-electron chi connectivity index (χ0n) is 22.8. The van der Waals surface area contributed by atoms with Gasteiger partial charge in [0, 0.05) is 18.8 Å².